The summed E-state index contributed by atoms with van der Waals surface area (Å²) >= 11 is 6.84. The largest absolute Gasteiger partial charge is 0.398 e. The van der Waals surface area contributed by atoms with Gasteiger partial charge < -0.3 is 20.1 Å². The molecule has 1 saturated heterocycles. The Morgan fingerprint density at radius 3 is 2.62 bits per heavy atom. The van der Waals surface area contributed by atoms with Gasteiger partial charge >= 0.3 is 5.69 Å². The van der Waals surface area contributed by atoms with Crippen molar-refractivity contribution in [3.63, 3.8) is 0 Å². The summed E-state index contributed by atoms with van der Waals surface area (Å²) in [5, 5.41) is 0.614. The maximum absolute atomic E-state index is 15.3. The second-order valence-corrected chi connectivity index (χ2v) is 12.0. The summed E-state index contributed by atoms with van der Waals surface area (Å²) in [5.41, 5.74) is 9.32. The predicted molar refractivity (Wildman–Crippen MR) is 174 cm³/mol. The van der Waals surface area contributed by atoms with E-state index < -0.39 is 11.5 Å². The number of fused-ring (bicyclic) bond motifs is 2. The molecule has 1 atom stereocenters. The second-order valence-electron chi connectivity index (χ2n) is 11.6. The Balaban J connectivity index is 1.70. The fraction of sp³-hybridized carbons (Fsp3) is 0.312. The van der Waals surface area contributed by atoms with Crippen LogP contribution in [0.3, 0.4) is 0 Å². The lowest BCUT2D eigenvalue weighted by molar-refractivity contribution is -0.126. The minimum atomic E-state index is -0.598. The lowest BCUT2D eigenvalue weighted by Crippen LogP contribution is -2.54. The number of nitrogen functional groups attached to an aromatic ring is 1. The third-order valence-corrected chi connectivity index (χ3v) is 8.59. The summed E-state index contributed by atoms with van der Waals surface area (Å²) in [7, 11) is 1.86. The van der Waals surface area contributed by atoms with Crippen LogP contribution in [0.15, 0.2) is 48.0 Å². The highest BCUT2D eigenvalue weighted by Gasteiger charge is 2.31. The van der Waals surface area contributed by atoms with E-state index in [1.807, 2.05) is 44.2 Å². The summed E-state index contributed by atoms with van der Waals surface area (Å²) in [6, 6.07) is 5.80. The number of pyridine rings is 2. The van der Waals surface area contributed by atoms with Gasteiger partial charge in [-0.1, -0.05) is 38.1 Å². The summed E-state index contributed by atoms with van der Waals surface area (Å²) < 4.78 is 18.5. The van der Waals surface area contributed by atoms with E-state index in [1.54, 1.807) is 23.4 Å². The van der Waals surface area contributed by atoms with Gasteiger partial charge in [-0.15, -0.1) is 0 Å². The molecule has 5 aromatic rings. The van der Waals surface area contributed by atoms with Crippen molar-refractivity contribution >= 4 is 51.2 Å². The maximum Gasteiger partial charge on any atom is 0.355 e. The lowest BCUT2D eigenvalue weighted by atomic mass is 9.99. The van der Waals surface area contributed by atoms with Gasteiger partial charge in [0, 0.05) is 44.0 Å². The highest BCUT2D eigenvalue weighted by atomic mass is 35.5. The highest BCUT2D eigenvalue weighted by Crippen LogP contribution is 2.39. The summed E-state index contributed by atoms with van der Waals surface area (Å²) in [6.45, 7) is 12.6. The van der Waals surface area contributed by atoms with Crippen LogP contribution in [0.5, 0.6) is 0 Å². The van der Waals surface area contributed by atoms with Gasteiger partial charge in [0.2, 0.25) is 5.91 Å². The number of piperazine rings is 1. The second kappa shape index (κ2) is 11.3. The van der Waals surface area contributed by atoms with Crippen molar-refractivity contribution in [2.75, 3.05) is 30.3 Å². The number of imidazole rings is 1. The summed E-state index contributed by atoms with van der Waals surface area (Å²) in [6.07, 6.45) is 2.97. The molecule has 2 N–H and O–H groups in total. The first-order valence-corrected chi connectivity index (χ1v) is 15.0. The molecule has 0 unspecified atom stereocenters. The Morgan fingerprint density at radius 1 is 1.20 bits per heavy atom. The average molecular weight is 630 g/mol. The van der Waals surface area contributed by atoms with Gasteiger partial charge in [-0.05, 0) is 44.0 Å². The van der Waals surface area contributed by atoms with Crippen molar-refractivity contribution in [1.82, 2.24) is 34.0 Å². The van der Waals surface area contributed by atoms with E-state index in [1.165, 1.54) is 22.8 Å². The first-order valence-electron chi connectivity index (χ1n) is 14.6. The summed E-state index contributed by atoms with van der Waals surface area (Å²) in [4.78, 5) is 49.2. The first-order chi connectivity index (χ1) is 21.4. The molecule has 0 bridgehead atoms. The molecule has 13 heteroatoms. The van der Waals surface area contributed by atoms with E-state index in [4.69, 9.17) is 27.3 Å². The SMILES string of the molecule is C=CC(=O)N1CCN(c2nc(=O)n(-c3c(C)nc4c(ncn4C)c3C(C)C)c3nc(-c4c(N)cccc4F)c(Cl)cc23)[C@@H](C)C1. The van der Waals surface area contributed by atoms with E-state index >= 15 is 4.39 Å². The molecule has 0 saturated carbocycles. The quantitative estimate of drug-likeness (QED) is 0.218. The smallest absolute Gasteiger partial charge is 0.355 e. The van der Waals surface area contributed by atoms with E-state index in [2.05, 4.69) is 16.5 Å². The van der Waals surface area contributed by atoms with E-state index in [9.17, 15) is 9.59 Å². The van der Waals surface area contributed by atoms with Crippen molar-refractivity contribution in [2.45, 2.75) is 39.7 Å². The number of amides is 1. The molecule has 232 valence electrons. The third kappa shape index (κ3) is 4.89. The van der Waals surface area contributed by atoms with Crippen LogP contribution in [-0.2, 0) is 11.8 Å². The topological polar surface area (TPSA) is 128 Å². The van der Waals surface area contributed by atoms with Gasteiger partial charge in [-0.2, -0.15) is 4.98 Å². The number of nitrogens with two attached hydrogens (primary N) is 1. The zero-order valence-electron chi connectivity index (χ0n) is 25.7. The molecular formula is C32H33ClFN9O2. The number of aryl methyl sites for hydroxylation is 2. The van der Waals surface area contributed by atoms with Gasteiger partial charge in [-0.25, -0.2) is 28.7 Å². The van der Waals surface area contributed by atoms with Crippen molar-refractivity contribution in [2.24, 2.45) is 7.05 Å². The Kier molecular flexibility index (Phi) is 7.56. The van der Waals surface area contributed by atoms with Gasteiger partial charge in [0.15, 0.2) is 11.3 Å². The number of aromatic nitrogens is 6. The number of carbonyl (C=O) groups is 1. The molecule has 1 fully saturated rings. The number of halogens is 2. The van der Waals surface area contributed by atoms with Crippen molar-refractivity contribution in [1.29, 1.82) is 0 Å². The molecule has 1 amide bonds. The first kappa shape index (κ1) is 30.2. The highest BCUT2D eigenvalue weighted by molar-refractivity contribution is 6.34. The zero-order valence-corrected chi connectivity index (χ0v) is 26.4. The predicted octanol–water partition coefficient (Wildman–Crippen LogP) is 4.76. The van der Waals surface area contributed by atoms with Crippen molar-refractivity contribution in [3.05, 3.63) is 75.8 Å². The monoisotopic (exact) mass is 629 g/mol. The van der Waals surface area contributed by atoms with Crippen LogP contribution < -0.4 is 16.3 Å². The van der Waals surface area contributed by atoms with Crippen molar-refractivity contribution < 1.29 is 9.18 Å². The molecular weight excluding hydrogens is 597 g/mol. The molecule has 11 nitrogen and oxygen atoms in total. The molecule has 0 spiro atoms. The number of benzene rings is 1. The molecule has 0 radical (unpaired) electrons. The molecule has 45 heavy (non-hydrogen) atoms. The Morgan fingerprint density at radius 2 is 1.96 bits per heavy atom. The molecule has 5 heterocycles. The minimum Gasteiger partial charge on any atom is -0.398 e. The van der Waals surface area contributed by atoms with Gasteiger partial charge in [0.1, 0.15) is 17.2 Å². The normalized spacial score (nSPS) is 15.4. The Hall–Kier alpha value is -4.84. The van der Waals surface area contributed by atoms with E-state index in [-0.39, 0.29) is 45.5 Å². The van der Waals surface area contributed by atoms with Crippen LogP contribution in [0.1, 0.15) is 37.9 Å². The number of carbonyl (C=O) groups excluding carboxylic acids is 1. The summed E-state index contributed by atoms with van der Waals surface area (Å²) in [5.74, 6) is -0.465. The number of anilines is 2. The number of hydrogen-bond donors (Lipinski definition) is 1. The fourth-order valence-electron chi connectivity index (χ4n) is 6.19. The average Bonchev–Trinajstić information content (AvgIpc) is 3.35. The molecule has 6 rings (SSSR count). The Bertz CT molecular complexity index is 2070. The van der Waals surface area contributed by atoms with Crippen LogP contribution in [0, 0.1) is 12.7 Å². The van der Waals surface area contributed by atoms with Crippen LogP contribution >= 0.6 is 11.6 Å². The third-order valence-electron chi connectivity index (χ3n) is 8.30. The molecule has 1 aromatic carbocycles. The van der Waals surface area contributed by atoms with E-state index in [0.717, 1.165) is 5.56 Å². The van der Waals surface area contributed by atoms with Gasteiger partial charge in [0.25, 0.3) is 0 Å². The number of nitrogens with zero attached hydrogens (tertiary/aromatic N) is 8. The number of hydrogen-bond acceptors (Lipinski definition) is 8. The molecule has 1 aliphatic heterocycles. The van der Waals surface area contributed by atoms with Gasteiger partial charge in [-0.3, -0.25) is 4.79 Å². The maximum atomic E-state index is 15.3. The van der Waals surface area contributed by atoms with Crippen LogP contribution in [0.4, 0.5) is 15.9 Å². The molecule has 1 aliphatic rings. The minimum absolute atomic E-state index is 0.0331. The van der Waals surface area contributed by atoms with Crippen LogP contribution in [0.2, 0.25) is 5.02 Å². The van der Waals surface area contributed by atoms with Crippen LogP contribution in [0.25, 0.3) is 39.1 Å². The van der Waals surface area contributed by atoms with Crippen molar-refractivity contribution in [3.8, 4) is 16.9 Å². The fourth-order valence-corrected chi connectivity index (χ4v) is 6.43. The number of rotatable bonds is 5. The molecule has 0 aliphatic carbocycles. The standard InChI is InChI=1S/C32H33ClFN9O2/c1-7-23(44)41-11-12-42(17(4)14-41)29-19-13-20(33)26(25-21(34)9-8-10-22(25)35)38-30(19)43(32(45)39-29)28-18(5)37-31-27(24(28)16(2)3)36-15-40(31)6/h7-10,13,15-17H,1,11-12,14,35H2,2-6H3/t17-/m0/s1. The molecule has 4 aromatic heterocycles. The van der Waals surface area contributed by atoms with Gasteiger partial charge in [0.05, 0.1) is 39.4 Å². The zero-order chi connectivity index (χ0) is 32.3. The Labute approximate surface area is 263 Å². The lowest BCUT2D eigenvalue weighted by Gasteiger charge is -2.40. The van der Waals surface area contributed by atoms with Crippen LogP contribution in [-0.4, -0.2) is 65.6 Å². The van der Waals surface area contributed by atoms with E-state index in [0.29, 0.717) is 53.4 Å².